The Morgan fingerprint density at radius 1 is 1.40 bits per heavy atom. The zero-order valence-electron chi connectivity index (χ0n) is 8.00. The van der Waals surface area contributed by atoms with E-state index in [1.807, 2.05) is 0 Å². The Hall–Kier alpha value is -1.23. The fourth-order valence-corrected chi connectivity index (χ4v) is 1.17. The van der Waals surface area contributed by atoms with Crippen molar-refractivity contribution in [2.75, 3.05) is 6.61 Å². The monoisotopic (exact) mass is 231 g/mol. The third-order valence-corrected chi connectivity index (χ3v) is 1.95. The molecule has 0 radical (unpaired) electrons. The number of rotatable bonds is 5. The Morgan fingerprint density at radius 2 is 2.13 bits per heavy atom. The summed E-state index contributed by atoms with van der Waals surface area (Å²) in [7, 11) is 0. The van der Waals surface area contributed by atoms with E-state index in [1.165, 1.54) is 12.1 Å². The van der Waals surface area contributed by atoms with Crippen molar-refractivity contribution in [3.05, 3.63) is 29.8 Å². The Morgan fingerprint density at radius 3 is 2.80 bits per heavy atom. The van der Waals surface area contributed by atoms with Crippen LogP contribution in [0.2, 0.25) is 0 Å². The van der Waals surface area contributed by atoms with Crippen LogP contribution in [0.4, 0.5) is 8.78 Å². The van der Waals surface area contributed by atoms with E-state index in [9.17, 15) is 8.78 Å². The summed E-state index contributed by atoms with van der Waals surface area (Å²) in [6.07, 6.45) is 1.12. The summed E-state index contributed by atoms with van der Waals surface area (Å²) in [5.74, 6) is -1.97. The van der Waals surface area contributed by atoms with E-state index < -0.39 is 11.6 Å². The highest BCUT2D eigenvalue weighted by Gasteiger charge is 2.07. The van der Waals surface area contributed by atoms with Gasteiger partial charge in [-0.3, -0.25) is 0 Å². The molecule has 0 saturated carbocycles. The first kappa shape index (κ1) is 11.8. The van der Waals surface area contributed by atoms with Gasteiger partial charge in [-0.2, -0.15) is 4.39 Å². The van der Waals surface area contributed by atoms with Crippen LogP contribution in [0.5, 0.6) is 5.75 Å². The van der Waals surface area contributed by atoms with Crippen molar-refractivity contribution in [1.29, 1.82) is 0 Å². The Balaban J connectivity index is 2.44. The van der Waals surface area contributed by atoms with Gasteiger partial charge >= 0.3 is 0 Å². The van der Waals surface area contributed by atoms with E-state index in [1.54, 1.807) is 0 Å². The lowest BCUT2D eigenvalue weighted by Crippen LogP contribution is -2.10. The second-order valence-electron chi connectivity index (χ2n) is 2.97. The SMILES string of the molecule is NC(=S)CCCOc1cccc(F)c1F. The molecule has 2 N–H and O–H groups in total. The molecule has 0 saturated heterocycles. The van der Waals surface area contributed by atoms with Crippen molar-refractivity contribution < 1.29 is 13.5 Å². The molecule has 1 aromatic rings. The van der Waals surface area contributed by atoms with Gasteiger partial charge in [-0.1, -0.05) is 18.3 Å². The number of thiocarbonyl (C=S) groups is 1. The molecule has 82 valence electrons. The van der Waals surface area contributed by atoms with Gasteiger partial charge in [0.1, 0.15) is 0 Å². The van der Waals surface area contributed by atoms with Crippen LogP contribution in [0.1, 0.15) is 12.8 Å². The van der Waals surface area contributed by atoms with E-state index in [2.05, 4.69) is 12.2 Å². The highest BCUT2D eigenvalue weighted by Crippen LogP contribution is 2.19. The summed E-state index contributed by atoms with van der Waals surface area (Å²) < 4.78 is 30.8. The summed E-state index contributed by atoms with van der Waals surface area (Å²) in [6.45, 7) is 0.262. The van der Waals surface area contributed by atoms with Gasteiger partial charge in [0, 0.05) is 6.42 Å². The maximum atomic E-state index is 13.0. The molecule has 1 aromatic carbocycles. The first-order chi connectivity index (χ1) is 7.11. The molecule has 5 heteroatoms. The van der Waals surface area contributed by atoms with Crippen molar-refractivity contribution in [3.8, 4) is 5.75 Å². The van der Waals surface area contributed by atoms with Gasteiger partial charge in [0.15, 0.2) is 11.6 Å². The predicted octanol–water partition coefficient (Wildman–Crippen LogP) is 2.41. The normalized spacial score (nSPS) is 10.0. The van der Waals surface area contributed by atoms with Crippen LogP contribution in [-0.2, 0) is 0 Å². The lowest BCUT2D eigenvalue weighted by Gasteiger charge is -2.06. The molecule has 0 fully saturated rings. The fourth-order valence-electron chi connectivity index (χ4n) is 1.02. The van der Waals surface area contributed by atoms with E-state index >= 15 is 0 Å². The van der Waals surface area contributed by atoms with Gasteiger partial charge in [-0.15, -0.1) is 0 Å². The molecular weight excluding hydrogens is 220 g/mol. The van der Waals surface area contributed by atoms with Crippen molar-refractivity contribution in [2.45, 2.75) is 12.8 Å². The summed E-state index contributed by atoms with van der Waals surface area (Å²) in [4.78, 5) is 0.387. The van der Waals surface area contributed by atoms with Gasteiger partial charge < -0.3 is 10.5 Å². The zero-order valence-corrected chi connectivity index (χ0v) is 8.82. The van der Waals surface area contributed by atoms with Crippen LogP contribution in [-0.4, -0.2) is 11.6 Å². The van der Waals surface area contributed by atoms with Gasteiger partial charge in [0.25, 0.3) is 0 Å². The summed E-state index contributed by atoms with van der Waals surface area (Å²) >= 11 is 4.66. The molecule has 0 aromatic heterocycles. The van der Waals surface area contributed by atoms with E-state index in [0.717, 1.165) is 6.07 Å². The molecule has 1 rings (SSSR count). The highest BCUT2D eigenvalue weighted by molar-refractivity contribution is 7.80. The van der Waals surface area contributed by atoms with Crippen LogP contribution in [0.25, 0.3) is 0 Å². The van der Waals surface area contributed by atoms with Crippen molar-refractivity contribution in [1.82, 2.24) is 0 Å². The predicted molar refractivity (Wildman–Crippen MR) is 57.9 cm³/mol. The Labute approximate surface area is 92.0 Å². The summed E-state index contributed by atoms with van der Waals surface area (Å²) in [6, 6.07) is 3.80. The number of nitrogens with two attached hydrogens (primary N) is 1. The zero-order chi connectivity index (χ0) is 11.3. The van der Waals surface area contributed by atoms with Gasteiger partial charge in [-0.25, -0.2) is 4.39 Å². The molecule has 0 atom stereocenters. The number of benzene rings is 1. The maximum absolute atomic E-state index is 13.0. The van der Waals surface area contributed by atoms with Crippen LogP contribution < -0.4 is 10.5 Å². The molecule has 0 unspecified atom stereocenters. The van der Waals surface area contributed by atoms with Crippen LogP contribution in [0, 0.1) is 11.6 Å². The minimum atomic E-state index is -0.965. The molecule has 0 amide bonds. The number of ether oxygens (including phenoxy) is 1. The van der Waals surface area contributed by atoms with Crippen molar-refractivity contribution in [2.24, 2.45) is 5.73 Å². The summed E-state index contributed by atoms with van der Waals surface area (Å²) in [5.41, 5.74) is 5.27. The van der Waals surface area contributed by atoms with Gasteiger partial charge in [0.2, 0.25) is 5.82 Å². The number of hydrogen-bond acceptors (Lipinski definition) is 2. The number of hydrogen-bond donors (Lipinski definition) is 1. The third kappa shape index (κ3) is 3.79. The van der Waals surface area contributed by atoms with E-state index in [-0.39, 0.29) is 12.4 Å². The van der Waals surface area contributed by atoms with Crippen LogP contribution >= 0.6 is 12.2 Å². The smallest absolute Gasteiger partial charge is 0.200 e. The fraction of sp³-hybridized carbons (Fsp3) is 0.300. The largest absolute Gasteiger partial charge is 0.490 e. The standard InChI is InChI=1S/C10H11F2NOS/c11-7-3-1-4-8(10(7)12)14-6-2-5-9(13)15/h1,3-4H,2,5-6H2,(H2,13,15). The molecule has 0 bridgehead atoms. The maximum Gasteiger partial charge on any atom is 0.200 e. The lowest BCUT2D eigenvalue weighted by atomic mass is 10.3. The molecule has 0 aliphatic heterocycles. The highest BCUT2D eigenvalue weighted by atomic mass is 32.1. The topological polar surface area (TPSA) is 35.2 Å². The minimum Gasteiger partial charge on any atom is -0.490 e. The van der Waals surface area contributed by atoms with Crippen LogP contribution in [0.3, 0.4) is 0 Å². The van der Waals surface area contributed by atoms with Gasteiger partial charge in [-0.05, 0) is 18.6 Å². The first-order valence-corrected chi connectivity index (χ1v) is 4.87. The number of halogens is 2. The molecule has 0 aliphatic carbocycles. The average Bonchev–Trinajstić information content (AvgIpc) is 2.18. The second kappa shape index (κ2) is 5.60. The Kier molecular flexibility index (Phi) is 4.42. The molecule has 15 heavy (non-hydrogen) atoms. The third-order valence-electron chi connectivity index (χ3n) is 1.74. The molecule has 0 spiro atoms. The molecular formula is C10H11F2NOS. The molecule has 0 aliphatic rings. The average molecular weight is 231 g/mol. The van der Waals surface area contributed by atoms with Crippen molar-refractivity contribution >= 4 is 17.2 Å². The lowest BCUT2D eigenvalue weighted by molar-refractivity contribution is 0.292. The molecule has 0 heterocycles. The van der Waals surface area contributed by atoms with E-state index in [4.69, 9.17) is 10.5 Å². The van der Waals surface area contributed by atoms with Crippen molar-refractivity contribution in [3.63, 3.8) is 0 Å². The Bertz CT molecular complexity index is 357. The van der Waals surface area contributed by atoms with Crippen LogP contribution in [0.15, 0.2) is 18.2 Å². The molecule has 2 nitrogen and oxygen atoms in total. The minimum absolute atomic E-state index is 0.0852. The quantitative estimate of drug-likeness (QED) is 0.624. The first-order valence-electron chi connectivity index (χ1n) is 4.46. The summed E-state index contributed by atoms with van der Waals surface area (Å²) in [5, 5.41) is 0. The van der Waals surface area contributed by atoms with E-state index in [0.29, 0.717) is 17.8 Å². The van der Waals surface area contributed by atoms with Gasteiger partial charge in [0.05, 0.1) is 11.6 Å². The second-order valence-corrected chi connectivity index (χ2v) is 3.49.